The van der Waals surface area contributed by atoms with Gasteiger partial charge in [-0.05, 0) is 12.8 Å². The lowest BCUT2D eigenvalue weighted by molar-refractivity contribution is -0.128. The Morgan fingerprint density at radius 1 is 1.36 bits per heavy atom. The van der Waals surface area contributed by atoms with Crippen molar-refractivity contribution in [3.63, 3.8) is 0 Å². The quantitative estimate of drug-likeness (QED) is 0.390. The van der Waals surface area contributed by atoms with Crippen molar-refractivity contribution in [1.82, 2.24) is 20.4 Å². The average Bonchev–Trinajstić information content (AvgIpc) is 2.96. The van der Waals surface area contributed by atoms with Crippen molar-refractivity contribution in [2.75, 3.05) is 45.8 Å². The van der Waals surface area contributed by atoms with Crippen LogP contribution in [0.15, 0.2) is 11.8 Å². The zero-order valence-corrected chi connectivity index (χ0v) is 12.8. The standard InChI is InChI=1S/C15H23N5O2/c16-11-13(15(22)20-9-5-17-6-10-20)12-18-4-2-8-19-7-1-3-14(19)21/h12,17-18H,1-10H2/b13-12-. The maximum atomic E-state index is 12.2. The summed E-state index contributed by atoms with van der Waals surface area (Å²) in [5, 5.41) is 15.3. The van der Waals surface area contributed by atoms with Gasteiger partial charge in [0.25, 0.3) is 5.91 Å². The number of nitrogens with zero attached hydrogens (tertiary/aromatic N) is 3. The largest absolute Gasteiger partial charge is 0.390 e. The first-order chi connectivity index (χ1) is 10.7. The molecule has 22 heavy (non-hydrogen) atoms. The second-order valence-electron chi connectivity index (χ2n) is 5.50. The van der Waals surface area contributed by atoms with E-state index < -0.39 is 0 Å². The lowest BCUT2D eigenvalue weighted by Crippen LogP contribution is -2.46. The first-order valence-corrected chi connectivity index (χ1v) is 7.84. The van der Waals surface area contributed by atoms with Gasteiger partial charge in [0.05, 0.1) is 0 Å². The molecule has 0 aromatic carbocycles. The number of hydrogen-bond acceptors (Lipinski definition) is 5. The van der Waals surface area contributed by atoms with Crippen LogP contribution in [0.5, 0.6) is 0 Å². The van der Waals surface area contributed by atoms with Gasteiger partial charge in [-0.1, -0.05) is 0 Å². The number of likely N-dealkylation sites (tertiary alicyclic amines) is 1. The van der Waals surface area contributed by atoms with Crippen molar-refractivity contribution >= 4 is 11.8 Å². The highest BCUT2D eigenvalue weighted by Gasteiger charge is 2.20. The SMILES string of the molecule is N#C/C(=C/NCCCN1CCCC1=O)C(=O)N1CCNCC1. The number of carbonyl (C=O) groups is 2. The molecule has 0 saturated carbocycles. The molecule has 2 heterocycles. The average molecular weight is 305 g/mol. The summed E-state index contributed by atoms with van der Waals surface area (Å²) in [6.07, 6.45) is 3.91. The number of nitrogens with one attached hydrogen (secondary N) is 2. The van der Waals surface area contributed by atoms with Gasteiger partial charge in [-0.2, -0.15) is 5.26 Å². The van der Waals surface area contributed by atoms with E-state index in [0.717, 1.165) is 39.0 Å². The summed E-state index contributed by atoms with van der Waals surface area (Å²) in [7, 11) is 0. The normalized spacial score (nSPS) is 19.2. The van der Waals surface area contributed by atoms with E-state index >= 15 is 0 Å². The molecular weight excluding hydrogens is 282 g/mol. The molecule has 0 unspecified atom stereocenters. The first kappa shape index (κ1) is 16.3. The van der Waals surface area contributed by atoms with Crippen LogP contribution >= 0.6 is 0 Å². The second kappa shape index (κ2) is 8.39. The molecule has 2 N–H and O–H groups in total. The van der Waals surface area contributed by atoms with Gasteiger partial charge < -0.3 is 20.4 Å². The number of amides is 2. The smallest absolute Gasteiger partial charge is 0.266 e. The maximum absolute atomic E-state index is 12.2. The fourth-order valence-electron chi connectivity index (χ4n) is 2.67. The molecule has 2 aliphatic rings. The van der Waals surface area contributed by atoms with Gasteiger partial charge in [0.2, 0.25) is 5.91 Å². The molecule has 0 aromatic heterocycles. The van der Waals surface area contributed by atoms with E-state index in [1.165, 1.54) is 6.20 Å². The number of hydrogen-bond donors (Lipinski definition) is 2. The molecule has 0 radical (unpaired) electrons. The van der Waals surface area contributed by atoms with Crippen LogP contribution in [0.3, 0.4) is 0 Å². The highest BCUT2D eigenvalue weighted by Crippen LogP contribution is 2.09. The van der Waals surface area contributed by atoms with Gasteiger partial charge in [0, 0.05) is 58.4 Å². The van der Waals surface area contributed by atoms with Crippen LogP contribution in [0.25, 0.3) is 0 Å². The van der Waals surface area contributed by atoms with Crippen LogP contribution in [0.2, 0.25) is 0 Å². The van der Waals surface area contributed by atoms with Crippen LogP contribution in [0.4, 0.5) is 0 Å². The van der Waals surface area contributed by atoms with Crippen LogP contribution in [0.1, 0.15) is 19.3 Å². The molecule has 0 spiro atoms. The van der Waals surface area contributed by atoms with Crippen LogP contribution in [0, 0.1) is 11.3 Å². The van der Waals surface area contributed by atoms with E-state index in [2.05, 4.69) is 10.6 Å². The van der Waals surface area contributed by atoms with Crippen molar-refractivity contribution in [3.8, 4) is 6.07 Å². The lowest BCUT2D eigenvalue weighted by Gasteiger charge is -2.27. The topological polar surface area (TPSA) is 88.5 Å². The molecule has 2 aliphatic heterocycles. The molecule has 2 fully saturated rings. The van der Waals surface area contributed by atoms with Crippen LogP contribution in [-0.2, 0) is 9.59 Å². The summed E-state index contributed by atoms with van der Waals surface area (Å²) < 4.78 is 0. The fourth-order valence-corrected chi connectivity index (χ4v) is 2.67. The molecule has 2 rings (SSSR count). The Bertz CT molecular complexity index is 477. The van der Waals surface area contributed by atoms with Crippen molar-refractivity contribution in [1.29, 1.82) is 5.26 Å². The predicted octanol–water partition coefficient (Wildman–Crippen LogP) is -0.572. The molecule has 2 amide bonds. The van der Waals surface area contributed by atoms with Gasteiger partial charge in [-0.15, -0.1) is 0 Å². The number of carbonyl (C=O) groups excluding carboxylic acids is 2. The third-order valence-electron chi connectivity index (χ3n) is 3.92. The highest BCUT2D eigenvalue weighted by atomic mass is 16.2. The van der Waals surface area contributed by atoms with Gasteiger partial charge in [0.1, 0.15) is 11.6 Å². The Morgan fingerprint density at radius 2 is 2.14 bits per heavy atom. The minimum atomic E-state index is -0.216. The van der Waals surface area contributed by atoms with Crippen molar-refractivity contribution < 1.29 is 9.59 Å². The minimum absolute atomic E-state index is 0.138. The number of rotatable bonds is 6. The number of piperazine rings is 1. The Kier molecular flexibility index (Phi) is 6.22. The summed E-state index contributed by atoms with van der Waals surface area (Å²) in [5.41, 5.74) is 0.138. The summed E-state index contributed by atoms with van der Waals surface area (Å²) in [4.78, 5) is 27.2. The van der Waals surface area contributed by atoms with Crippen molar-refractivity contribution in [2.45, 2.75) is 19.3 Å². The minimum Gasteiger partial charge on any atom is -0.390 e. The van der Waals surface area contributed by atoms with Crippen LogP contribution < -0.4 is 10.6 Å². The van der Waals surface area contributed by atoms with E-state index in [4.69, 9.17) is 5.26 Å². The van der Waals surface area contributed by atoms with Crippen LogP contribution in [-0.4, -0.2) is 67.4 Å². The van der Waals surface area contributed by atoms with Gasteiger partial charge in [-0.3, -0.25) is 9.59 Å². The first-order valence-electron chi connectivity index (χ1n) is 7.84. The lowest BCUT2D eigenvalue weighted by atomic mass is 10.2. The summed E-state index contributed by atoms with van der Waals surface area (Å²) in [5.74, 6) is 0.00774. The Hall–Kier alpha value is -2.07. The van der Waals surface area contributed by atoms with Crippen molar-refractivity contribution in [2.24, 2.45) is 0 Å². The molecule has 0 aliphatic carbocycles. The molecule has 120 valence electrons. The summed E-state index contributed by atoms with van der Waals surface area (Å²) in [6.45, 7) is 5.02. The Labute approximate surface area is 130 Å². The highest BCUT2D eigenvalue weighted by molar-refractivity contribution is 5.97. The zero-order chi connectivity index (χ0) is 15.8. The molecule has 2 saturated heterocycles. The van der Waals surface area contributed by atoms with E-state index in [9.17, 15) is 9.59 Å². The van der Waals surface area contributed by atoms with E-state index in [1.807, 2.05) is 11.0 Å². The Morgan fingerprint density at radius 3 is 2.77 bits per heavy atom. The molecule has 7 nitrogen and oxygen atoms in total. The van der Waals surface area contributed by atoms with E-state index in [0.29, 0.717) is 26.1 Å². The van der Waals surface area contributed by atoms with Crippen molar-refractivity contribution in [3.05, 3.63) is 11.8 Å². The van der Waals surface area contributed by atoms with E-state index in [-0.39, 0.29) is 17.4 Å². The van der Waals surface area contributed by atoms with E-state index in [1.54, 1.807) is 4.90 Å². The predicted molar refractivity (Wildman–Crippen MR) is 81.6 cm³/mol. The van der Waals surface area contributed by atoms with Gasteiger partial charge >= 0.3 is 0 Å². The molecule has 0 aromatic rings. The Balaban J connectivity index is 1.71. The monoisotopic (exact) mass is 305 g/mol. The second-order valence-corrected chi connectivity index (χ2v) is 5.50. The van der Waals surface area contributed by atoms with Gasteiger partial charge in [0.15, 0.2) is 0 Å². The maximum Gasteiger partial charge on any atom is 0.266 e. The fraction of sp³-hybridized carbons (Fsp3) is 0.667. The molecular formula is C15H23N5O2. The zero-order valence-electron chi connectivity index (χ0n) is 12.8. The third kappa shape index (κ3) is 4.46. The van der Waals surface area contributed by atoms with Gasteiger partial charge in [-0.25, -0.2) is 0 Å². The third-order valence-corrected chi connectivity index (χ3v) is 3.92. The summed E-state index contributed by atoms with van der Waals surface area (Å²) >= 11 is 0. The molecule has 0 bridgehead atoms. The molecule has 0 atom stereocenters. The molecule has 7 heteroatoms. The number of nitriles is 1. The summed E-state index contributed by atoms with van der Waals surface area (Å²) in [6, 6.07) is 1.96.